The molecule has 0 bridgehead atoms. The molecule has 0 aliphatic heterocycles. The number of carboxylic acid groups (broad SMARTS) is 1. The highest BCUT2D eigenvalue weighted by Gasteiger charge is 2.14. The summed E-state index contributed by atoms with van der Waals surface area (Å²) in [4.78, 5) is 22.5. The first-order valence-corrected chi connectivity index (χ1v) is 8.28. The molecule has 1 amide bonds. The van der Waals surface area contributed by atoms with Gasteiger partial charge in [0.05, 0.1) is 11.3 Å². The molecule has 0 radical (unpaired) electrons. The quantitative estimate of drug-likeness (QED) is 0.423. The average molecular weight is 439 g/mol. The SMILES string of the molecule is O=C(O)CSc1nnc(NC(=O)c2ccc(F)cc2I)s1. The molecule has 0 aliphatic carbocycles. The normalized spacial score (nSPS) is 10.4. The van der Waals surface area contributed by atoms with E-state index in [1.54, 1.807) is 0 Å². The Morgan fingerprint density at radius 1 is 1.43 bits per heavy atom. The number of thioether (sulfide) groups is 1. The molecule has 1 aromatic heterocycles. The number of anilines is 1. The van der Waals surface area contributed by atoms with E-state index in [0.29, 0.717) is 13.5 Å². The van der Waals surface area contributed by atoms with Gasteiger partial charge in [-0.25, -0.2) is 4.39 Å². The summed E-state index contributed by atoms with van der Waals surface area (Å²) < 4.78 is 13.9. The molecule has 2 rings (SSSR count). The monoisotopic (exact) mass is 439 g/mol. The number of benzene rings is 1. The van der Waals surface area contributed by atoms with Crippen LogP contribution in [0.2, 0.25) is 0 Å². The first-order valence-electron chi connectivity index (χ1n) is 5.40. The molecule has 6 nitrogen and oxygen atoms in total. The molecule has 21 heavy (non-hydrogen) atoms. The molecular weight excluding hydrogens is 432 g/mol. The van der Waals surface area contributed by atoms with Crippen LogP contribution in [0.1, 0.15) is 10.4 Å². The second-order valence-corrected chi connectivity index (χ2v) is 7.00. The van der Waals surface area contributed by atoms with Gasteiger partial charge in [0.25, 0.3) is 5.91 Å². The number of hydrogen-bond acceptors (Lipinski definition) is 6. The third kappa shape index (κ3) is 4.61. The van der Waals surface area contributed by atoms with Crippen LogP contribution in [0.5, 0.6) is 0 Å². The molecule has 0 aliphatic rings. The van der Waals surface area contributed by atoms with Crippen molar-refractivity contribution in [1.29, 1.82) is 0 Å². The molecule has 0 unspecified atom stereocenters. The minimum Gasteiger partial charge on any atom is -0.481 e. The van der Waals surface area contributed by atoms with Crippen LogP contribution in [0.15, 0.2) is 22.5 Å². The van der Waals surface area contributed by atoms with Crippen molar-refractivity contribution in [2.75, 3.05) is 11.1 Å². The average Bonchev–Trinajstić information content (AvgIpc) is 2.83. The van der Waals surface area contributed by atoms with Crippen molar-refractivity contribution in [3.8, 4) is 0 Å². The summed E-state index contributed by atoms with van der Waals surface area (Å²) in [6.45, 7) is 0. The van der Waals surface area contributed by atoms with Gasteiger partial charge in [-0.1, -0.05) is 23.1 Å². The number of nitrogens with zero attached hydrogens (tertiary/aromatic N) is 2. The van der Waals surface area contributed by atoms with Gasteiger partial charge in [0.1, 0.15) is 5.82 Å². The van der Waals surface area contributed by atoms with E-state index in [2.05, 4.69) is 15.5 Å². The summed E-state index contributed by atoms with van der Waals surface area (Å²) in [6, 6.07) is 3.84. The van der Waals surface area contributed by atoms with Gasteiger partial charge < -0.3 is 5.11 Å². The van der Waals surface area contributed by atoms with Crippen molar-refractivity contribution in [2.45, 2.75) is 4.34 Å². The largest absolute Gasteiger partial charge is 0.481 e. The number of amides is 1. The number of nitrogens with one attached hydrogen (secondary N) is 1. The molecule has 10 heteroatoms. The van der Waals surface area contributed by atoms with Crippen LogP contribution in [0.3, 0.4) is 0 Å². The minimum atomic E-state index is -0.957. The lowest BCUT2D eigenvalue weighted by atomic mass is 10.2. The van der Waals surface area contributed by atoms with E-state index in [-0.39, 0.29) is 10.9 Å². The van der Waals surface area contributed by atoms with Gasteiger partial charge in [-0.2, -0.15) is 0 Å². The lowest BCUT2D eigenvalue weighted by molar-refractivity contribution is -0.133. The minimum absolute atomic E-state index is 0.127. The number of halogens is 2. The number of hydrogen-bond donors (Lipinski definition) is 2. The summed E-state index contributed by atoms with van der Waals surface area (Å²) in [5.41, 5.74) is 0.326. The Morgan fingerprint density at radius 3 is 2.86 bits per heavy atom. The number of rotatable bonds is 5. The molecule has 110 valence electrons. The van der Waals surface area contributed by atoms with Gasteiger partial charge in [-0.3, -0.25) is 14.9 Å². The predicted octanol–water partition coefficient (Wildman–Crippen LogP) is 2.71. The van der Waals surface area contributed by atoms with Crippen molar-refractivity contribution in [3.63, 3.8) is 0 Å². The Balaban J connectivity index is 2.04. The van der Waals surface area contributed by atoms with E-state index >= 15 is 0 Å². The second kappa shape index (κ2) is 7.13. The van der Waals surface area contributed by atoms with Crippen LogP contribution in [0, 0.1) is 9.39 Å². The summed E-state index contributed by atoms with van der Waals surface area (Å²) in [7, 11) is 0. The molecular formula is C11H7FIN3O3S2. The van der Waals surface area contributed by atoms with E-state index in [0.717, 1.165) is 23.1 Å². The van der Waals surface area contributed by atoms with Gasteiger partial charge in [0.2, 0.25) is 5.13 Å². The molecule has 0 saturated heterocycles. The van der Waals surface area contributed by atoms with Crippen molar-refractivity contribution >= 4 is 62.7 Å². The number of carboxylic acids is 1. The van der Waals surface area contributed by atoms with Crippen LogP contribution >= 0.6 is 45.7 Å². The Kier molecular flexibility index (Phi) is 5.47. The van der Waals surface area contributed by atoms with Crippen LogP contribution in [0.4, 0.5) is 9.52 Å². The Hall–Kier alpha value is -1.27. The van der Waals surface area contributed by atoms with E-state index in [1.807, 2.05) is 22.6 Å². The number of carbonyl (C=O) groups is 2. The van der Waals surface area contributed by atoms with Gasteiger partial charge in [0.15, 0.2) is 4.34 Å². The zero-order valence-corrected chi connectivity index (χ0v) is 14.0. The fourth-order valence-electron chi connectivity index (χ4n) is 1.28. The van der Waals surface area contributed by atoms with Crippen LogP contribution in [-0.4, -0.2) is 32.9 Å². The molecule has 0 spiro atoms. The number of carbonyl (C=O) groups excluding carboxylic acids is 1. The van der Waals surface area contributed by atoms with Gasteiger partial charge in [-0.15, -0.1) is 10.2 Å². The fraction of sp³-hybridized carbons (Fsp3) is 0.0909. The van der Waals surface area contributed by atoms with Crippen LogP contribution in [0.25, 0.3) is 0 Å². The maximum Gasteiger partial charge on any atom is 0.313 e. The Bertz CT molecular complexity index is 695. The molecule has 2 N–H and O–H groups in total. The molecule has 2 aromatic rings. The third-order valence-electron chi connectivity index (χ3n) is 2.12. The zero-order chi connectivity index (χ0) is 15.4. The van der Waals surface area contributed by atoms with Crippen molar-refractivity contribution in [3.05, 3.63) is 33.1 Å². The fourth-order valence-corrected chi connectivity index (χ4v) is 3.47. The predicted molar refractivity (Wildman–Crippen MR) is 85.3 cm³/mol. The summed E-state index contributed by atoms with van der Waals surface area (Å²) in [6.07, 6.45) is 0. The van der Waals surface area contributed by atoms with Crippen molar-refractivity contribution in [1.82, 2.24) is 10.2 Å². The Labute approximate surface area is 140 Å². The topological polar surface area (TPSA) is 92.2 Å². The van der Waals surface area contributed by atoms with E-state index in [9.17, 15) is 14.0 Å². The Morgan fingerprint density at radius 2 is 2.19 bits per heavy atom. The molecule has 1 aromatic carbocycles. The van der Waals surface area contributed by atoms with Gasteiger partial charge >= 0.3 is 5.97 Å². The first-order chi connectivity index (χ1) is 9.95. The number of aromatic nitrogens is 2. The summed E-state index contributed by atoms with van der Waals surface area (Å²) in [5, 5.41) is 18.9. The zero-order valence-electron chi connectivity index (χ0n) is 10.2. The lowest BCUT2D eigenvalue weighted by Gasteiger charge is -2.03. The van der Waals surface area contributed by atoms with Crippen molar-refractivity contribution in [2.24, 2.45) is 0 Å². The van der Waals surface area contributed by atoms with E-state index in [4.69, 9.17) is 5.11 Å². The highest BCUT2D eigenvalue weighted by Crippen LogP contribution is 2.26. The molecule has 0 fully saturated rings. The highest BCUT2D eigenvalue weighted by atomic mass is 127. The maximum absolute atomic E-state index is 13.0. The van der Waals surface area contributed by atoms with Crippen molar-refractivity contribution < 1.29 is 19.1 Å². The van der Waals surface area contributed by atoms with Crippen LogP contribution in [-0.2, 0) is 4.79 Å². The standard InChI is InChI=1S/C11H7FIN3O3S2/c12-5-1-2-6(7(13)3-5)9(19)14-10-15-16-11(21-10)20-4-8(17)18/h1-3H,4H2,(H,17,18)(H,14,15,19). The first kappa shape index (κ1) is 16.1. The summed E-state index contributed by atoms with van der Waals surface area (Å²) in [5.74, 6) is -1.93. The second-order valence-electron chi connectivity index (χ2n) is 3.63. The third-order valence-corrected chi connectivity index (χ3v) is 4.97. The lowest BCUT2D eigenvalue weighted by Crippen LogP contribution is -2.13. The summed E-state index contributed by atoms with van der Waals surface area (Å²) >= 11 is 3.96. The smallest absolute Gasteiger partial charge is 0.313 e. The maximum atomic E-state index is 13.0. The molecule has 0 atom stereocenters. The van der Waals surface area contributed by atoms with E-state index < -0.39 is 17.7 Å². The number of aliphatic carboxylic acids is 1. The van der Waals surface area contributed by atoms with Gasteiger partial charge in [0, 0.05) is 3.57 Å². The highest BCUT2D eigenvalue weighted by molar-refractivity contribution is 14.1. The molecule has 0 saturated carbocycles. The van der Waals surface area contributed by atoms with Gasteiger partial charge in [-0.05, 0) is 40.8 Å². The van der Waals surface area contributed by atoms with Crippen LogP contribution < -0.4 is 5.32 Å². The molecule has 1 heterocycles. The van der Waals surface area contributed by atoms with E-state index in [1.165, 1.54) is 18.2 Å².